The largest absolute Gasteiger partial charge is 0.457 e. The van der Waals surface area contributed by atoms with Crippen molar-refractivity contribution in [2.75, 3.05) is 4.90 Å². The van der Waals surface area contributed by atoms with Crippen molar-refractivity contribution in [1.82, 2.24) is 0 Å². The van der Waals surface area contributed by atoms with E-state index in [1.165, 1.54) is 16.7 Å². The number of nitrogens with zero attached hydrogens (tertiary/aromatic N) is 1. The van der Waals surface area contributed by atoms with Gasteiger partial charge in [0.2, 0.25) is 0 Å². The molecule has 1 aromatic heterocycles. The Bertz CT molecular complexity index is 1070. The van der Waals surface area contributed by atoms with Gasteiger partial charge >= 0.3 is 0 Å². The van der Waals surface area contributed by atoms with Crippen molar-refractivity contribution < 1.29 is 9.21 Å². The Kier molecular flexibility index (Phi) is 4.91. The zero-order chi connectivity index (χ0) is 19.0. The Hall–Kier alpha value is -2.34. The second kappa shape index (κ2) is 7.35. The van der Waals surface area contributed by atoms with E-state index in [1.807, 2.05) is 67.6 Å². The number of para-hydroxylation sites is 1. The monoisotopic (exact) mass is 411 g/mol. The molecular weight excluding hydrogens is 398 g/mol. The Labute approximate surface area is 171 Å². The molecule has 0 spiro atoms. The molecule has 0 radical (unpaired) electrons. The zero-order valence-electron chi connectivity index (χ0n) is 14.3. The molecule has 6 heteroatoms. The molecule has 27 heavy (non-hydrogen) atoms. The first kappa shape index (κ1) is 18.0. The van der Waals surface area contributed by atoms with Crippen molar-refractivity contribution in [1.29, 1.82) is 0 Å². The molecule has 3 aromatic rings. The van der Waals surface area contributed by atoms with Crippen LogP contribution in [-0.2, 0) is 4.79 Å². The number of carbonyl (C=O) groups is 1. The molecule has 0 aliphatic carbocycles. The molecule has 4 rings (SSSR count). The smallest absolute Gasteiger partial charge is 0.270 e. The number of halogens is 1. The van der Waals surface area contributed by atoms with Crippen molar-refractivity contribution in [3.8, 4) is 11.3 Å². The van der Waals surface area contributed by atoms with Crippen LogP contribution in [0.25, 0.3) is 17.4 Å². The Morgan fingerprint density at radius 1 is 1.11 bits per heavy atom. The van der Waals surface area contributed by atoms with Gasteiger partial charge in [0.15, 0.2) is 4.32 Å². The highest BCUT2D eigenvalue weighted by atomic mass is 35.5. The first-order chi connectivity index (χ1) is 13.0. The highest BCUT2D eigenvalue weighted by molar-refractivity contribution is 8.27. The summed E-state index contributed by atoms with van der Waals surface area (Å²) in [6.45, 7) is 1.95. The maximum absolute atomic E-state index is 12.8. The molecule has 1 aliphatic rings. The lowest BCUT2D eigenvalue weighted by atomic mass is 10.1. The fraction of sp³-hybridized carbons (Fsp3) is 0.0476. The molecule has 3 nitrogen and oxygen atoms in total. The number of carbonyl (C=O) groups excluding carboxylic acids is 1. The first-order valence-electron chi connectivity index (χ1n) is 8.22. The van der Waals surface area contributed by atoms with Crippen molar-refractivity contribution in [2.45, 2.75) is 6.92 Å². The predicted molar refractivity (Wildman–Crippen MR) is 116 cm³/mol. The average molecular weight is 412 g/mol. The van der Waals surface area contributed by atoms with Crippen LogP contribution in [0.2, 0.25) is 5.02 Å². The van der Waals surface area contributed by atoms with Crippen molar-refractivity contribution >= 4 is 57.6 Å². The maximum atomic E-state index is 12.8. The standard InChI is InChI=1S/C21H14ClNO2S2/c1-13-7-8-14(11-17(13)22)18-10-9-16(25-18)12-19-20(24)23(21(26)27-19)15-5-3-2-4-6-15/h2-12H,1H3/b19-12+. The fourth-order valence-electron chi connectivity index (χ4n) is 2.73. The van der Waals surface area contributed by atoms with E-state index in [1.54, 1.807) is 6.08 Å². The SMILES string of the molecule is Cc1ccc(-c2ccc(/C=C3/SC(=S)N(c4ccccc4)C3=O)o2)cc1Cl. The van der Waals surface area contributed by atoms with Crippen LogP contribution in [0.15, 0.2) is 70.0 Å². The average Bonchev–Trinajstić information content (AvgIpc) is 3.23. The molecule has 1 amide bonds. The van der Waals surface area contributed by atoms with E-state index in [4.69, 9.17) is 28.2 Å². The van der Waals surface area contributed by atoms with Gasteiger partial charge in [0, 0.05) is 16.7 Å². The van der Waals surface area contributed by atoms with Crippen molar-refractivity contribution in [3.63, 3.8) is 0 Å². The fourth-order valence-corrected chi connectivity index (χ4v) is 4.19. The molecule has 2 aromatic carbocycles. The van der Waals surface area contributed by atoms with Crippen molar-refractivity contribution in [2.24, 2.45) is 0 Å². The number of thioether (sulfide) groups is 1. The minimum Gasteiger partial charge on any atom is -0.457 e. The Morgan fingerprint density at radius 3 is 2.63 bits per heavy atom. The number of anilines is 1. The van der Waals surface area contributed by atoms with Gasteiger partial charge in [-0.15, -0.1) is 0 Å². The third kappa shape index (κ3) is 3.58. The summed E-state index contributed by atoms with van der Waals surface area (Å²) >= 11 is 12.8. The van der Waals surface area contributed by atoms with Gasteiger partial charge in [-0.3, -0.25) is 9.69 Å². The highest BCUT2D eigenvalue weighted by Crippen LogP contribution is 2.36. The summed E-state index contributed by atoms with van der Waals surface area (Å²) in [6.07, 6.45) is 1.72. The van der Waals surface area contributed by atoms with E-state index < -0.39 is 0 Å². The quantitative estimate of drug-likeness (QED) is 0.373. The van der Waals surface area contributed by atoms with Crippen LogP contribution < -0.4 is 4.90 Å². The molecule has 0 bridgehead atoms. The van der Waals surface area contributed by atoms with Crippen LogP contribution in [0.1, 0.15) is 11.3 Å². The van der Waals surface area contributed by atoms with Gasteiger partial charge in [-0.1, -0.05) is 65.9 Å². The molecule has 134 valence electrons. The number of furan rings is 1. The molecular formula is C21H14ClNO2S2. The van der Waals surface area contributed by atoms with E-state index >= 15 is 0 Å². The third-order valence-corrected chi connectivity index (χ3v) is 5.87. The number of rotatable bonds is 3. The second-order valence-electron chi connectivity index (χ2n) is 6.02. The van der Waals surface area contributed by atoms with Gasteiger partial charge in [0.1, 0.15) is 11.5 Å². The van der Waals surface area contributed by atoms with Crippen LogP contribution in [-0.4, -0.2) is 10.2 Å². The number of hydrogen-bond acceptors (Lipinski definition) is 4. The molecule has 0 unspecified atom stereocenters. The van der Waals surface area contributed by atoms with Gasteiger partial charge in [-0.25, -0.2) is 0 Å². The minimum atomic E-state index is -0.146. The molecule has 2 heterocycles. The summed E-state index contributed by atoms with van der Waals surface area (Å²) in [5, 5.41) is 0.689. The van der Waals surface area contributed by atoms with Gasteiger partial charge in [0.05, 0.1) is 10.6 Å². The number of hydrogen-bond donors (Lipinski definition) is 0. The van der Waals surface area contributed by atoms with E-state index in [-0.39, 0.29) is 5.91 Å². The van der Waals surface area contributed by atoms with Gasteiger partial charge < -0.3 is 4.42 Å². The second-order valence-corrected chi connectivity index (χ2v) is 8.10. The minimum absolute atomic E-state index is 0.146. The summed E-state index contributed by atoms with van der Waals surface area (Å²) in [5.41, 5.74) is 2.66. The molecule has 0 atom stereocenters. The van der Waals surface area contributed by atoms with E-state index in [9.17, 15) is 4.79 Å². The zero-order valence-corrected chi connectivity index (χ0v) is 16.7. The van der Waals surface area contributed by atoms with Gasteiger partial charge in [0.25, 0.3) is 5.91 Å². The lowest BCUT2D eigenvalue weighted by Gasteiger charge is -2.13. The molecule has 1 aliphatic heterocycles. The lowest BCUT2D eigenvalue weighted by Crippen LogP contribution is -2.27. The van der Waals surface area contributed by atoms with Gasteiger partial charge in [-0.2, -0.15) is 0 Å². The lowest BCUT2D eigenvalue weighted by molar-refractivity contribution is -0.113. The van der Waals surface area contributed by atoms with Crippen LogP contribution in [0, 0.1) is 6.92 Å². The summed E-state index contributed by atoms with van der Waals surface area (Å²) in [6, 6.07) is 18.9. The van der Waals surface area contributed by atoms with Crippen molar-refractivity contribution in [3.05, 3.63) is 81.9 Å². The summed E-state index contributed by atoms with van der Waals surface area (Å²) in [7, 11) is 0. The van der Waals surface area contributed by atoms with E-state index in [0.29, 0.717) is 25.8 Å². The molecule has 0 N–H and O–H groups in total. The topological polar surface area (TPSA) is 33.5 Å². The normalized spacial score (nSPS) is 15.8. The third-order valence-electron chi connectivity index (χ3n) is 4.16. The van der Waals surface area contributed by atoms with Crippen LogP contribution in [0.3, 0.4) is 0 Å². The molecule has 1 saturated heterocycles. The molecule has 0 saturated carbocycles. The Morgan fingerprint density at radius 2 is 1.89 bits per heavy atom. The number of aryl methyl sites for hydroxylation is 1. The summed E-state index contributed by atoms with van der Waals surface area (Å²) in [4.78, 5) is 14.8. The first-order valence-corrected chi connectivity index (χ1v) is 9.82. The number of thiocarbonyl (C=S) groups is 1. The van der Waals surface area contributed by atoms with E-state index in [0.717, 1.165) is 16.8 Å². The summed E-state index contributed by atoms with van der Waals surface area (Å²) < 4.78 is 6.40. The number of benzene rings is 2. The summed E-state index contributed by atoms with van der Waals surface area (Å²) in [5.74, 6) is 1.14. The van der Waals surface area contributed by atoms with E-state index in [2.05, 4.69) is 0 Å². The van der Waals surface area contributed by atoms with Crippen LogP contribution in [0.5, 0.6) is 0 Å². The van der Waals surface area contributed by atoms with Gasteiger partial charge in [-0.05, 0) is 42.8 Å². The van der Waals surface area contributed by atoms with Crippen LogP contribution >= 0.6 is 35.6 Å². The highest BCUT2D eigenvalue weighted by Gasteiger charge is 2.33. The molecule has 1 fully saturated rings. The number of amides is 1. The van der Waals surface area contributed by atoms with Crippen LogP contribution in [0.4, 0.5) is 5.69 Å². The Balaban J connectivity index is 1.61. The maximum Gasteiger partial charge on any atom is 0.270 e. The predicted octanol–water partition coefficient (Wildman–Crippen LogP) is 6.31.